The van der Waals surface area contributed by atoms with Crippen LogP contribution in [0.1, 0.15) is 11.3 Å². The van der Waals surface area contributed by atoms with Gasteiger partial charge in [-0.3, -0.25) is 0 Å². The van der Waals surface area contributed by atoms with Crippen molar-refractivity contribution < 1.29 is 0 Å². The first-order valence-corrected chi connectivity index (χ1v) is 6.81. The van der Waals surface area contributed by atoms with Crippen molar-refractivity contribution in [1.82, 2.24) is 4.98 Å². The van der Waals surface area contributed by atoms with E-state index in [2.05, 4.69) is 33.0 Å². The Balaban J connectivity index is 2.15. The Hall–Kier alpha value is -0.710. The zero-order valence-corrected chi connectivity index (χ0v) is 11.2. The van der Waals surface area contributed by atoms with E-state index >= 15 is 0 Å². The molecule has 0 aliphatic heterocycles. The second kappa shape index (κ2) is 5.57. The summed E-state index contributed by atoms with van der Waals surface area (Å²) in [5, 5.41) is 1.08. The van der Waals surface area contributed by atoms with Gasteiger partial charge in [-0.05, 0) is 31.5 Å². The molecule has 84 valence electrons. The minimum absolute atomic E-state index is 0.742. The molecule has 4 heteroatoms. The Labute approximate surface area is 108 Å². The number of benzene rings is 1. The number of nitrogens with zero attached hydrogens (tertiary/aromatic N) is 1. The zero-order valence-electron chi connectivity index (χ0n) is 8.82. The van der Waals surface area contributed by atoms with E-state index in [9.17, 15) is 0 Å². The van der Waals surface area contributed by atoms with Gasteiger partial charge in [0.15, 0.2) is 0 Å². The van der Waals surface area contributed by atoms with E-state index in [-0.39, 0.29) is 0 Å². The van der Waals surface area contributed by atoms with Crippen LogP contribution >= 0.6 is 27.3 Å². The third-order valence-corrected chi connectivity index (χ3v) is 3.91. The summed E-state index contributed by atoms with van der Waals surface area (Å²) in [6.07, 6.45) is 4.02. The highest BCUT2D eigenvalue weighted by Gasteiger charge is 2.04. The number of hydrogen-bond donors (Lipinski definition) is 1. The van der Waals surface area contributed by atoms with Crippen molar-refractivity contribution in [2.75, 3.05) is 6.54 Å². The summed E-state index contributed by atoms with van der Waals surface area (Å²) >= 11 is 5.18. The Morgan fingerprint density at radius 3 is 2.69 bits per heavy atom. The third-order valence-electron chi connectivity index (χ3n) is 2.27. The second-order valence-corrected chi connectivity index (χ2v) is 5.56. The van der Waals surface area contributed by atoms with Gasteiger partial charge in [0, 0.05) is 21.1 Å². The van der Waals surface area contributed by atoms with E-state index in [1.807, 2.05) is 18.3 Å². The van der Waals surface area contributed by atoms with Gasteiger partial charge >= 0.3 is 0 Å². The molecule has 2 aromatic rings. The third kappa shape index (κ3) is 2.90. The lowest BCUT2D eigenvalue weighted by Crippen LogP contribution is -1.99. The molecule has 1 heterocycles. The molecule has 0 saturated carbocycles. The molecule has 2 rings (SSSR count). The molecule has 0 aliphatic carbocycles. The molecule has 0 aliphatic rings. The molecule has 1 aromatic heterocycles. The monoisotopic (exact) mass is 296 g/mol. The first-order valence-electron chi connectivity index (χ1n) is 5.20. The van der Waals surface area contributed by atoms with E-state index in [1.165, 1.54) is 10.4 Å². The fourth-order valence-electron chi connectivity index (χ4n) is 1.43. The van der Waals surface area contributed by atoms with Crippen molar-refractivity contribution >= 4 is 27.3 Å². The molecule has 0 bridgehead atoms. The standard InChI is InChI=1S/C12H13BrN2S/c13-10-5-3-9(4-6-10)12-15-8-11(16-12)2-1-7-14/h3-6,8H,1-2,7,14H2. The highest BCUT2D eigenvalue weighted by atomic mass is 79.9. The van der Waals surface area contributed by atoms with E-state index in [0.29, 0.717) is 0 Å². The van der Waals surface area contributed by atoms with E-state index in [0.717, 1.165) is 28.9 Å². The molecule has 2 N–H and O–H groups in total. The van der Waals surface area contributed by atoms with Crippen LogP contribution in [0.15, 0.2) is 34.9 Å². The maximum absolute atomic E-state index is 5.49. The SMILES string of the molecule is NCCCc1cnc(-c2ccc(Br)cc2)s1. The quantitative estimate of drug-likeness (QED) is 0.938. The van der Waals surface area contributed by atoms with Crippen molar-refractivity contribution in [2.45, 2.75) is 12.8 Å². The molecule has 0 saturated heterocycles. The van der Waals surface area contributed by atoms with Gasteiger partial charge in [0.05, 0.1) is 0 Å². The van der Waals surface area contributed by atoms with Gasteiger partial charge in [-0.1, -0.05) is 28.1 Å². The molecule has 0 spiro atoms. The predicted molar refractivity (Wildman–Crippen MR) is 72.6 cm³/mol. The van der Waals surface area contributed by atoms with Crippen LogP contribution in [-0.2, 0) is 6.42 Å². The van der Waals surface area contributed by atoms with Gasteiger partial charge in [-0.25, -0.2) is 4.98 Å². The molecule has 1 aromatic carbocycles. The average Bonchev–Trinajstić information content (AvgIpc) is 2.76. The Kier molecular flexibility index (Phi) is 4.09. The Bertz CT molecular complexity index is 450. The molecule has 0 unspecified atom stereocenters. The van der Waals surface area contributed by atoms with Crippen LogP contribution < -0.4 is 5.73 Å². The molecule has 2 nitrogen and oxygen atoms in total. The number of rotatable bonds is 4. The molecule has 16 heavy (non-hydrogen) atoms. The molecule has 0 atom stereocenters. The van der Waals surface area contributed by atoms with Gasteiger partial charge < -0.3 is 5.73 Å². The van der Waals surface area contributed by atoms with Crippen LogP contribution in [0, 0.1) is 0 Å². The summed E-state index contributed by atoms with van der Waals surface area (Å²) in [5.74, 6) is 0. The summed E-state index contributed by atoms with van der Waals surface area (Å²) < 4.78 is 1.09. The largest absolute Gasteiger partial charge is 0.330 e. The van der Waals surface area contributed by atoms with Crippen LogP contribution in [0.5, 0.6) is 0 Å². The lowest BCUT2D eigenvalue weighted by Gasteiger charge is -1.95. The lowest BCUT2D eigenvalue weighted by atomic mass is 10.2. The molecule has 0 amide bonds. The van der Waals surface area contributed by atoms with Crippen LogP contribution in [0.25, 0.3) is 10.6 Å². The molecular formula is C12H13BrN2S. The van der Waals surface area contributed by atoms with Crippen LogP contribution in [0.4, 0.5) is 0 Å². The fourth-order valence-corrected chi connectivity index (χ4v) is 2.65. The molecular weight excluding hydrogens is 284 g/mol. The lowest BCUT2D eigenvalue weighted by molar-refractivity contribution is 0.841. The number of aromatic nitrogens is 1. The maximum atomic E-state index is 5.49. The summed E-state index contributed by atoms with van der Waals surface area (Å²) in [6, 6.07) is 8.23. The predicted octanol–water partition coefficient (Wildman–Crippen LogP) is 3.46. The normalized spacial score (nSPS) is 10.6. The maximum Gasteiger partial charge on any atom is 0.123 e. The fraction of sp³-hybridized carbons (Fsp3) is 0.250. The van der Waals surface area contributed by atoms with Crippen molar-refractivity contribution in [1.29, 1.82) is 0 Å². The topological polar surface area (TPSA) is 38.9 Å². The zero-order chi connectivity index (χ0) is 11.4. The number of hydrogen-bond acceptors (Lipinski definition) is 3. The number of aryl methyl sites for hydroxylation is 1. The summed E-state index contributed by atoms with van der Waals surface area (Å²) in [6.45, 7) is 0.742. The van der Waals surface area contributed by atoms with Crippen LogP contribution in [-0.4, -0.2) is 11.5 Å². The van der Waals surface area contributed by atoms with Gasteiger partial charge in [0.1, 0.15) is 5.01 Å². The van der Waals surface area contributed by atoms with Crippen LogP contribution in [0.2, 0.25) is 0 Å². The second-order valence-electron chi connectivity index (χ2n) is 3.53. The van der Waals surface area contributed by atoms with Crippen molar-refractivity contribution in [3.8, 4) is 10.6 Å². The average molecular weight is 297 g/mol. The minimum atomic E-state index is 0.742. The molecule has 0 fully saturated rings. The number of thiazole rings is 1. The smallest absolute Gasteiger partial charge is 0.123 e. The van der Waals surface area contributed by atoms with E-state index in [4.69, 9.17) is 5.73 Å². The number of halogens is 1. The van der Waals surface area contributed by atoms with Crippen LogP contribution in [0.3, 0.4) is 0 Å². The summed E-state index contributed by atoms with van der Waals surface area (Å²) in [7, 11) is 0. The van der Waals surface area contributed by atoms with Crippen molar-refractivity contribution in [3.05, 3.63) is 39.8 Å². The highest BCUT2D eigenvalue weighted by molar-refractivity contribution is 9.10. The summed E-state index contributed by atoms with van der Waals surface area (Å²) in [4.78, 5) is 5.74. The first kappa shape index (κ1) is 11.8. The van der Waals surface area contributed by atoms with E-state index in [1.54, 1.807) is 11.3 Å². The Morgan fingerprint density at radius 2 is 2.00 bits per heavy atom. The van der Waals surface area contributed by atoms with E-state index < -0.39 is 0 Å². The molecule has 0 radical (unpaired) electrons. The van der Waals surface area contributed by atoms with Gasteiger partial charge in [0.2, 0.25) is 0 Å². The van der Waals surface area contributed by atoms with Gasteiger partial charge in [-0.2, -0.15) is 0 Å². The Morgan fingerprint density at radius 1 is 1.25 bits per heavy atom. The minimum Gasteiger partial charge on any atom is -0.330 e. The van der Waals surface area contributed by atoms with Gasteiger partial charge in [0.25, 0.3) is 0 Å². The highest BCUT2D eigenvalue weighted by Crippen LogP contribution is 2.26. The summed E-state index contributed by atoms with van der Waals surface area (Å²) in [5.41, 5.74) is 6.66. The number of nitrogens with two attached hydrogens (primary N) is 1. The van der Waals surface area contributed by atoms with Crippen molar-refractivity contribution in [2.24, 2.45) is 5.73 Å². The first-order chi connectivity index (χ1) is 7.79. The van der Waals surface area contributed by atoms with Gasteiger partial charge in [-0.15, -0.1) is 11.3 Å². The van der Waals surface area contributed by atoms with Crippen molar-refractivity contribution in [3.63, 3.8) is 0 Å².